The van der Waals surface area contributed by atoms with E-state index in [0.717, 1.165) is 17.1 Å². The first-order valence-corrected chi connectivity index (χ1v) is 9.51. The van der Waals surface area contributed by atoms with E-state index in [0.29, 0.717) is 34.9 Å². The van der Waals surface area contributed by atoms with Gasteiger partial charge in [0, 0.05) is 33.8 Å². The van der Waals surface area contributed by atoms with Crippen LogP contribution in [0, 0.1) is 0 Å². The van der Waals surface area contributed by atoms with Crippen LogP contribution in [-0.4, -0.2) is 56.1 Å². The first-order chi connectivity index (χ1) is 14.3. The van der Waals surface area contributed by atoms with Crippen molar-refractivity contribution in [2.75, 3.05) is 40.3 Å². The van der Waals surface area contributed by atoms with Gasteiger partial charge in [0.25, 0.3) is 5.56 Å². The first-order valence-electron chi connectivity index (χ1n) is 9.51. The summed E-state index contributed by atoms with van der Waals surface area (Å²) in [5.74, 6) is 2.43. The Kier molecular flexibility index (Phi) is 6.25. The van der Waals surface area contributed by atoms with Crippen LogP contribution in [0.25, 0.3) is 10.9 Å². The van der Waals surface area contributed by atoms with E-state index in [-0.39, 0.29) is 5.56 Å². The fourth-order valence-corrected chi connectivity index (χ4v) is 3.00. The van der Waals surface area contributed by atoms with Crippen molar-refractivity contribution in [3.8, 4) is 11.5 Å². The summed E-state index contributed by atoms with van der Waals surface area (Å²) >= 11 is 0. The molecule has 3 rings (SSSR count). The molecule has 0 amide bonds. The summed E-state index contributed by atoms with van der Waals surface area (Å²) in [7, 11) is 8.90. The van der Waals surface area contributed by atoms with Crippen LogP contribution < -0.4 is 19.9 Å². The molecule has 1 heterocycles. The number of rotatable bonds is 6. The number of aliphatic imine (C=N–C) groups is 1. The summed E-state index contributed by atoms with van der Waals surface area (Å²) in [5.41, 5.74) is 2.24. The fraction of sp³-hybridized carbons (Fsp3) is 0.318. The second kappa shape index (κ2) is 8.86. The molecule has 30 heavy (non-hydrogen) atoms. The Morgan fingerprint density at radius 3 is 2.47 bits per heavy atom. The standard InChI is InChI=1S/C22H27N5O3/c1-14(26(2)3)23-16-9-7-8-15(10-16)13-27(4)22-24-18-12-20(30-6)19(29-5)11-17(18)21(28)25-22/h7-12H,13H2,1-6H3,(H,24,25,28)/b23-14+. The quantitative estimate of drug-likeness (QED) is 0.497. The largest absolute Gasteiger partial charge is 0.493 e. The summed E-state index contributed by atoms with van der Waals surface area (Å²) in [6.45, 7) is 2.53. The zero-order valence-corrected chi connectivity index (χ0v) is 18.2. The van der Waals surface area contributed by atoms with Gasteiger partial charge in [0.15, 0.2) is 11.5 Å². The van der Waals surface area contributed by atoms with Crippen LogP contribution in [-0.2, 0) is 6.54 Å². The maximum absolute atomic E-state index is 12.6. The van der Waals surface area contributed by atoms with E-state index in [1.807, 2.05) is 62.1 Å². The van der Waals surface area contributed by atoms with Crippen LogP contribution in [0.2, 0.25) is 0 Å². The highest BCUT2D eigenvalue weighted by Crippen LogP contribution is 2.30. The molecule has 1 aromatic heterocycles. The van der Waals surface area contributed by atoms with Gasteiger partial charge in [-0.2, -0.15) is 4.98 Å². The first kappa shape index (κ1) is 21.2. The van der Waals surface area contributed by atoms with Crippen LogP contribution in [0.1, 0.15) is 12.5 Å². The number of amidine groups is 1. The van der Waals surface area contributed by atoms with Crippen molar-refractivity contribution in [1.29, 1.82) is 0 Å². The van der Waals surface area contributed by atoms with E-state index in [1.165, 1.54) is 7.11 Å². The molecule has 0 unspecified atom stereocenters. The predicted octanol–water partition coefficient (Wildman–Crippen LogP) is 3.19. The number of hydrogen-bond donors (Lipinski definition) is 1. The number of aromatic nitrogens is 2. The highest BCUT2D eigenvalue weighted by Gasteiger charge is 2.13. The average molecular weight is 409 g/mol. The van der Waals surface area contributed by atoms with Gasteiger partial charge in [0.05, 0.1) is 30.8 Å². The van der Waals surface area contributed by atoms with Crippen molar-refractivity contribution in [2.24, 2.45) is 4.99 Å². The lowest BCUT2D eigenvalue weighted by molar-refractivity contribution is 0.355. The minimum absolute atomic E-state index is 0.327. The minimum Gasteiger partial charge on any atom is -0.493 e. The minimum atomic E-state index is -0.327. The Hall–Kier alpha value is -3.55. The van der Waals surface area contributed by atoms with E-state index in [2.05, 4.69) is 15.0 Å². The van der Waals surface area contributed by atoms with Crippen molar-refractivity contribution in [1.82, 2.24) is 14.9 Å². The Morgan fingerprint density at radius 2 is 1.80 bits per heavy atom. The monoisotopic (exact) mass is 409 g/mol. The van der Waals surface area contributed by atoms with Crippen LogP contribution >= 0.6 is 0 Å². The molecule has 0 aliphatic carbocycles. The summed E-state index contributed by atoms with van der Waals surface area (Å²) in [6.07, 6.45) is 0. The summed E-state index contributed by atoms with van der Waals surface area (Å²) in [4.78, 5) is 28.5. The van der Waals surface area contributed by atoms with Crippen molar-refractivity contribution in [3.05, 3.63) is 52.3 Å². The Morgan fingerprint density at radius 1 is 1.10 bits per heavy atom. The van der Waals surface area contributed by atoms with Gasteiger partial charge in [-0.1, -0.05) is 12.1 Å². The molecule has 0 bridgehead atoms. The summed E-state index contributed by atoms with van der Waals surface area (Å²) in [5, 5.41) is 0.445. The van der Waals surface area contributed by atoms with E-state index >= 15 is 0 Å². The fourth-order valence-electron chi connectivity index (χ4n) is 3.00. The lowest BCUT2D eigenvalue weighted by atomic mass is 10.2. The number of anilines is 1. The normalized spacial score (nSPS) is 11.5. The van der Waals surface area contributed by atoms with E-state index in [1.54, 1.807) is 19.2 Å². The molecule has 2 aromatic carbocycles. The molecule has 0 saturated heterocycles. The van der Waals surface area contributed by atoms with Crippen molar-refractivity contribution < 1.29 is 9.47 Å². The molecule has 0 atom stereocenters. The van der Waals surface area contributed by atoms with Gasteiger partial charge in [0.2, 0.25) is 5.95 Å². The van der Waals surface area contributed by atoms with Gasteiger partial charge < -0.3 is 24.3 Å². The predicted molar refractivity (Wildman–Crippen MR) is 120 cm³/mol. The molecule has 8 nitrogen and oxygen atoms in total. The van der Waals surface area contributed by atoms with Crippen molar-refractivity contribution >= 4 is 28.4 Å². The van der Waals surface area contributed by atoms with Gasteiger partial charge in [0.1, 0.15) is 5.84 Å². The van der Waals surface area contributed by atoms with Crippen LogP contribution in [0.3, 0.4) is 0 Å². The average Bonchev–Trinajstić information content (AvgIpc) is 2.72. The second-order valence-corrected chi connectivity index (χ2v) is 7.20. The molecule has 3 aromatic rings. The van der Waals surface area contributed by atoms with Crippen LogP contribution in [0.4, 0.5) is 11.6 Å². The lowest BCUT2D eigenvalue weighted by Gasteiger charge is -2.19. The maximum Gasteiger partial charge on any atom is 0.282 e. The number of nitrogens with one attached hydrogen (secondary N) is 1. The number of benzene rings is 2. The van der Waals surface area contributed by atoms with Gasteiger partial charge >= 0.3 is 0 Å². The Bertz CT molecular complexity index is 1140. The van der Waals surface area contributed by atoms with E-state index in [9.17, 15) is 4.79 Å². The highest BCUT2D eigenvalue weighted by molar-refractivity contribution is 5.83. The molecule has 158 valence electrons. The number of H-pyrrole nitrogens is 1. The van der Waals surface area contributed by atoms with E-state index < -0.39 is 0 Å². The molecular weight excluding hydrogens is 382 g/mol. The van der Waals surface area contributed by atoms with Gasteiger partial charge in [-0.15, -0.1) is 0 Å². The molecule has 0 fully saturated rings. The van der Waals surface area contributed by atoms with Crippen LogP contribution in [0.5, 0.6) is 11.5 Å². The number of fused-ring (bicyclic) bond motifs is 1. The smallest absolute Gasteiger partial charge is 0.282 e. The Balaban J connectivity index is 1.91. The molecular formula is C22H27N5O3. The van der Waals surface area contributed by atoms with Crippen molar-refractivity contribution in [2.45, 2.75) is 13.5 Å². The summed E-state index contributed by atoms with van der Waals surface area (Å²) < 4.78 is 10.6. The van der Waals surface area contributed by atoms with Gasteiger partial charge in [-0.3, -0.25) is 4.79 Å². The van der Waals surface area contributed by atoms with Crippen LogP contribution in [0.15, 0.2) is 46.2 Å². The SMILES string of the molecule is COc1cc2[nH]c(N(C)Cc3cccc(/N=C(\C)N(C)C)c3)nc(=O)c2cc1OC. The number of aromatic amines is 1. The zero-order valence-electron chi connectivity index (χ0n) is 18.2. The lowest BCUT2D eigenvalue weighted by Crippen LogP contribution is -2.23. The zero-order chi connectivity index (χ0) is 21.8. The highest BCUT2D eigenvalue weighted by atomic mass is 16.5. The number of ether oxygens (including phenoxy) is 2. The molecule has 0 radical (unpaired) electrons. The Labute approximate surface area is 175 Å². The maximum atomic E-state index is 12.6. The number of hydrogen-bond acceptors (Lipinski definition) is 6. The number of methoxy groups -OCH3 is 2. The third-order valence-electron chi connectivity index (χ3n) is 4.84. The second-order valence-electron chi connectivity index (χ2n) is 7.20. The molecule has 0 saturated carbocycles. The topological polar surface area (TPSA) is 83.0 Å². The van der Waals surface area contributed by atoms with E-state index in [4.69, 9.17) is 9.47 Å². The van der Waals surface area contributed by atoms with Gasteiger partial charge in [-0.05, 0) is 30.7 Å². The third kappa shape index (κ3) is 4.53. The van der Waals surface area contributed by atoms with Gasteiger partial charge in [-0.25, -0.2) is 4.99 Å². The third-order valence-corrected chi connectivity index (χ3v) is 4.84. The molecule has 0 spiro atoms. The molecule has 0 aliphatic rings. The molecule has 0 aliphatic heterocycles. The number of nitrogens with zero attached hydrogens (tertiary/aromatic N) is 4. The van der Waals surface area contributed by atoms with Crippen molar-refractivity contribution in [3.63, 3.8) is 0 Å². The molecule has 8 heteroatoms. The summed E-state index contributed by atoms with van der Waals surface area (Å²) in [6, 6.07) is 11.4. The molecule has 1 N–H and O–H groups in total.